The normalized spacial score (nSPS) is 19.8. The molecule has 0 bridgehead atoms. The van der Waals surface area contributed by atoms with Crippen molar-refractivity contribution in [1.82, 2.24) is 0 Å². The van der Waals surface area contributed by atoms with Crippen molar-refractivity contribution in [2.45, 2.75) is 12.0 Å². The number of carbonyl (C=O) groups is 2. The second-order valence-electron chi connectivity index (χ2n) is 5.47. The first-order valence-corrected chi connectivity index (χ1v) is 7.53. The Bertz CT molecular complexity index is 826. The van der Waals surface area contributed by atoms with E-state index in [9.17, 15) is 18.4 Å². The average Bonchev–Trinajstić information content (AvgIpc) is 2.62. The van der Waals surface area contributed by atoms with Gasteiger partial charge in [-0.1, -0.05) is 42.5 Å². The Morgan fingerprint density at radius 3 is 2.28 bits per heavy atom. The van der Waals surface area contributed by atoms with Crippen molar-refractivity contribution >= 4 is 11.9 Å². The number of hydrogen-bond donors (Lipinski definition) is 0. The van der Waals surface area contributed by atoms with Crippen molar-refractivity contribution in [2.75, 3.05) is 7.11 Å². The second kappa shape index (κ2) is 6.84. The van der Waals surface area contributed by atoms with Crippen LogP contribution >= 0.6 is 0 Å². The highest BCUT2D eigenvalue weighted by atomic mass is 19.1. The van der Waals surface area contributed by atoms with Crippen molar-refractivity contribution in [2.24, 2.45) is 0 Å². The van der Waals surface area contributed by atoms with Crippen LogP contribution in [0.15, 0.2) is 60.2 Å². The first kappa shape index (κ1) is 16.8. The van der Waals surface area contributed by atoms with E-state index in [1.807, 2.05) is 0 Å². The molecule has 2 aromatic rings. The van der Waals surface area contributed by atoms with Crippen LogP contribution < -0.4 is 0 Å². The minimum absolute atomic E-state index is 0.302. The first-order valence-electron chi connectivity index (χ1n) is 7.53. The molecule has 128 valence electrons. The zero-order valence-electron chi connectivity index (χ0n) is 13.2. The smallest absolute Gasteiger partial charge is 0.345 e. The summed E-state index contributed by atoms with van der Waals surface area (Å²) in [4.78, 5) is 23.9. The molecule has 4 nitrogen and oxygen atoms in total. The molecular formula is C19H14F2O4. The highest BCUT2D eigenvalue weighted by Crippen LogP contribution is 2.41. The summed E-state index contributed by atoms with van der Waals surface area (Å²) in [7, 11) is 1.14. The van der Waals surface area contributed by atoms with E-state index in [1.165, 1.54) is 12.1 Å². The van der Waals surface area contributed by atoms with Gasteiger partial charge < -0.3 is 9.47 Å². The van der Waals surface area contributed by atoms with E-state index in [-0.39, 0.29) is 11.1 Å². The molecule has 0 unspecified atom stereocenters. The molecule has 1 heterocycles. The maximum Gasteiger partial charge on any atom is 0.345 e. The molecule has 0 saturated carbocycles. The van der Waals surface area contributed by atoms with Gasteiger partial charge in [0.05, 0.1) is 12.7 Å². The lowest BCUT2D eigenvalue weighted by Crippen LogP contribution is -2.29. The Morgan fingerprint density at radius 1 is 1.04 bits per heavy atom. The number of esters is 2. The third kappa shape index (κ3) is 3.15. The maximum atomic E-state index is 14.2. The molecule has 2 aromatic carbocycles. The summed E-state index contributed by atoms with van der Waals surface area (Å²) in [6.45, 7) is 0. The Kier molecular flexibility index (Phi) is 4.61. The molecule has 3 rings (SSSR count). The van der Waals surface area contributed by atoms with Crippen molar-refractivity contribution in [3.8, 4) is 0 Å². The standard InChI is InChI=1S/C19H14F2O4/c1-24-18(22)13-10-12(11-6-3-2-4-7-11)17(25-19(13)23)16-14(20)8-5-9-15(16)21/h2-10,12,17H,1H3/t12-,17+/m1/s1. The Balaban J connectivity index is 2.16. The second-order valence-corrected chi connectivity index (χ2v) is 5.47. The van der Waals surface area contributed by atoms with E-state index < -0.39 is 35.6 Å². The fraction of sp³-hybridized carbons (Fsp3) is 0.158. The van der Waals surface area contributed by atoms with E-state index in [2.05, 4.69) is 4.74 Å². The number of methoxy groups -OCH3 is 1. The largest absolute Gasteiger partial charge is 0.465 e. The van der Waals surface area contributed by atoms with Gasteiger partial charge in [0, 0.05) is 5.92 Å². The van der Waals surface area contributed by atoms with Crippen LogP contribution in [0.2, 0.25) is 0 Å². The lowest BCUT2D eigenvalue weighted by atomic mass is 9.85. The molecule has 0 fully saturated rings. The number of ether oxygens (including phenoxy) is 2. The fourth-order valence-corrected chi connectivity index (χ4v) is 2.82. The highest BCUT2D eigenvalue weighted by molar-refractivity contribution is 6.14. The number of halogens is 2. The summed E-state index contributed by atoms with van der Waals surface area (Å²) in [5, 5.41) is 0. The van der Waals surface area contributed by atoms with Crippen LogP contribution in [0.3, 0.4) is 0 Å². The predicted molar refractivity (Wildman–Crippen MR) is 84.5 cm³/mol. The molecule has 0 amide bonds. The summed E-state index contributed by atoms with van der Waals surface area (Å²) in [5.41, 5.74) is -0.0155. The number of hydrogen-bond acceptors (Lipinski definition) is 4. The van der Waals surface area contributed by atoms with Crippen LogP contribution in [0.4, 0.5) is 8.78 Å². The summed E-state index contributed by atoms with van der Waals surface area (Å²) in [6, 6.07) is 12.1. The molecule has 0 N–H and O–H groups in total. The van der Waals surface area contributed by atoms with Gasteiger partial charge in [-0.25, -0.2) is 18.4 Å². The van der Waals surface area contributed by atoms with E-state index in [4.69, 9.17) is 4.74 Å². The molecule has 0 radical (unpaired) electrons. The van der Waals surface area contributed by atoms with Crippen LogP contribution in [-0.2, 0) is 19.1 Å². The van der Waals surface area contributed by atoms with Gasteiger partial charge in [-0.15, -0.1) is 0 Å². The van der Waals surface area contributed by atoms with Gasteiger partial charge >= 0.3 is 11.9 Å². The van der Waals surface area contributed by atoms with Crippen molar-refractivity contribution < 1.29 is 27.8 Å². The predicted octanol–water partition coefficient (Wildman–Crippen LogP) is 3.45. The van der Waals surface area contributed by atoms with Gasteiger partial charge in [0.15, 0.2) is 0 Å². The highest BCUT2D eigenvalue weighted by Gasteiger charge is 2.39. The zero-order valence-corrected chi connectivity index (χ0v) is 13.2. The Hall–Kier alpha value is -3.02. The van der Waals surface area contributed by atoms with Crippen molar-refractivity contribution in [3.05, 3.63) is 82.9 Å². The van der Waals surface area contributed by atoms with Crippen molar-refractivity contribution in [3.63, 3.8) is 0 Å². The van der Waals surface area contributed by atoms with Crippen molar-refractivity contribution in [1.29, 1.82) is 0 Å². The summed E-state index contributed by atoms with van der Waals surface area (Å²) in [6.07, 6.45) is 0.105. The van der Waals surface area contributed by atoms with Gasteiger partial charge in [-0.3, -0.25) is 0 Å². The molecule has 6 heteroatoms. The Labute approximate surface area is 142 Å². The summed E-state index contributed by atoms with van der Waals surface area (Å²) < 4.78 is 38.3. The SMILES string of the molecule is COC(=O)C1=C[C@H](c2ccccc2)[C@@H](c2c(F)cccc2F)OC1=O. The average molecular weight is 344 g/mol. The number of cyclic esters (lactones) is 1. The third-order valence-electron chi connectivity index (χ3n) is 4.00. The van der Waals surface area contributed by atoms with Crippen LogP contribution in [0.1, 0.15) is 23.1 Å². The van der Waals surface area contributed by atoms with Gasteiger partial charge in [0.25, 0.3) is 0 Å². The minimum atomic E-state index is -1.23. The monoisotopic (exact) mass is 344 g/mol. The van der Waals surface area contributed by atoms with Crippen LogP contribution in [0, 0.1) is 11.6 Å². The number of rotatable bonds is 3. The molecule has 2 atom stereocenters. The first-order chi connectivity index (χ1) is 12.0. The quantitative estimate of drug-likeness (QED) is 0.632. The van der Waals surface area contributed by atoms with Gasteiger partial charge in [-0.2, -0.15) is 0 Å². The molecule has 0 saturated heterocycles. The Morgan fingerprint density at radius 2 is 1.68 bits per heavy atom. The number of carbonyl (C=O) groups excluding carboxylic acids is 2. The molecular weight excluding hydrogens is 330 g/mol. The zero-order chi connectivity index (χ0) is 18.0. The molecule has 1 aliphatic heterocycles. The van der Waals surface area contributed by atoms with Crippen LogP contribution in [-0.4, -0.2) is 19.0 Å². The summed E-state index contributed by atoms with van der Waals surface area (Å²) in [5.74, 6) is -4.23. The summed E-state index contributed by atoms with van der Waals surface area (Å²) >= 11 is 0. The molecule has 0 spiro atoms. The van der Waals surface area contributed by atoms with Crippen LogP contribution in [0.5, 0.6) is 0 Å². The van der Waals surface area contributed by atoms with Gasteiger partial charge in [0.2, 0.25) is 0 Å². The topological polar surface area (TPSA) is 52.6 Å². The lowest BCUT2D eigenvalue weighted by molar-refractivity contribution is -0.152. The van der Waals surface area contributed by atoms with E-state index in [1.54, 1.807) is 30.3 Å². The van der Waals surface area contributed by atoms with Crippen LogP contribution in [0.25, 0.3) is 0 Å². The van der Waals surface area contributed by atoms with E-state index in [0.29, 0.717) is 5.56 Å². The van der Waals surface area contributed by atoms with Gasteiger partial charge in [0.1, 0.15) is 23.3 Å². The fourth-order valence-electron chi connectivity index (χ4n) is 2.82. The molecule has 1 aliphatic rings. The number of benzene rings is 2. The lowest BCUT2D eigenvalue weighted by Gasteiger charge is -2.30. The van der Waals surface area contributed by atoms with E-state index >= 15 is 0 Å². The molecule has 0 aliphatic carbocycles. The maximum absolute atomic E-state index is 14.2. The minimum Gasteiger partial charge on any atom is -0.465 e. The molecule has 0 aromatic heterocycles. The third-order valence-corrected chi connectivity index (χ3v) is 4.00. The van der Waals surface area contributed by atoms with Gasteiger partial charge in [-0.05, 0) is 17.7 Å². The molecule has 25 heavy (non-hydrogen) atoms. The van der Waals surface area contributed by atoms with E-state index in [0.717, 1.165) is 19.2 Å².